The topological polar surface area (TPSA) is 68.0 Å². The second kappa shape index (κ2) is 7.02. The maximum Gasteiger partial charge on any atom is 0.301 e. The Morgan fingerprint density at radius 1 is 1.44 bits per heavy atom. The predicted octanol–water partition coefficient (Wildman–Crippen LogP) is 2.24. The number of amides is 1. The number of aromatic nitrogens is 1. The molecule has 1 amide bonds. The molecule has 1 heterocycles. The molecule has 0 aliphatic rings. The molecular weight excluding hydrogens is 267 g/mol. The first-order chi connectivity index (χ1) is 8.56. The minimum absolute atomic E-state index is 0.0467. The van der Waals surface area contributed by atoms with E-state index in [0.29, 0.717) is 5.03 Å². The van der Waals surface area contributed by atoms with Crippen LogP contribution in [0.15, 0.2) is 35.3 Å². The number of nitrogen functional groups attached to an aromatic ring is 1. The highest BCUT2D eigenvalue weighted by molar-refractivity contribution is 7.99. The molecule has 1 aromatic rings. The third-order valence-electron chi connectivity index (χ3n) is 1.91. The molecule has 0 unspecified atom stereocenters. The van der Waals surface area contributed by atoms with Gasteiger partial charge in [0, 0.05) is 18.4 Å². The van der Waals surface area contributed by atoms with Crippen molar-refractivity contribution in [3.05, 3.63) is 35.8 Å². The molecule has 0 saturated carbocycles. The molecule has 0 fully saturated rings. The summed E-state index contributed by atoms with van der Waals surface area (Å²) in [7, 11) is 0. The average molecular weight is 277 g/mol. The largest absolute Gasteiger partial charge is 0.301 e. The van der Waals surface area contributed by atoms with Crippen LogP contribution in [0, 0.1) is 0 Å². The van der Waals surface area contributed by atoms with Gasteiger partial charge in [0.1, 0.15) is 5.03 Å². The highest BCUT2D eigenvalue weighted by Gasteiger charge is 2.12. The molecule has 0 aliphatic carbocycles. The molecule has 0 spiro atoms. The van der Waals surface area contributed by atoms with Crippen molar-refractivity contribution in [1.29, 1.82) is 0 Å². The van der Waals surface area contributed by atoms with Gasteiger partial charge in [0.05, 0.1) is 5.56 Å². The summed E-state index contributed by atoms with van der Waals surface area (Å²) < 4.78 is 36.2. The van der Waals surface area contributed by atoms with Crippen LogP contribution in [0.3, 0.4) is 0 Å². The number of hydrogen-bond acceptors (Lipinski definition) is 4. The Balaban J connectivity index is 2.68. The summed E-state index contributed by atoms with van der Waals surface area (Å²) >= 11 is 1.00. The number of hydrazine groups is 1. The molecule has 0 aliphatic heterocycles. The number of thioether (sulfide) groups is 1. The molecule has 98 valence electrons. The van der Waals surface area contributed by atoms with Crippen molar-refractivity contribution in [3.8, 4) is 0 Å². The van der Waals surface area contributed by atoms with Crippen molar-refractivity contribution in [3.63, 3.8) is 0 Å². The number of carbonyl (C=O) groups is 1. The quantitative estimate of drug-likeness (QED) is 0.375. The van der Waals surface area contributed by atoms with Crippen LogP contribution in [0.4, 0.5) is 13.2 Å². The second-order valence-corrected chi connectivity index (χ2v) is 4.18. The summed E-state index contributed by atoms with van der Waals surface area (Å²) in [4.78, 5) is 15.3. The van der Waals surface area contributed by atoms with Crippen LogP contribution in [0.2, 0.25) is 0 Å². The van der Waals surface area contributed by atoms with Crippen molar-refractivity contribution in [2.24, 2.45) is 5.84 Å². The Hall–Kier alpha value is -1.54. The van der Waals surface area contributed by atoms with Gasteiger partial charge < -0.3 is 0 Å². The Morgan fingerprint density at radius 3 is 2.78 bits per heavy atom. The van der Waals surface area contributed by atoms with E-state index in [1.165, 1.54) is 18.3 Å². The Labute approximate surface area is 105 Å². The Kier molecular flexibility index (Phi) is 5.66. The number of nitrogens with one attached hydrogen (secondary N) is 1. The summed E-state index contributed by atoms with van der Waals surface area (Å²) in [5.41, 5.74) is 2.16. The van der Waals surface area contributed by atoms with Gasteiger partial charge in [0.15, 0.2) is 5.83 Å². The van der Waals surface area contributed by atoms with Crippen molar-refractivity contribution >= 4 is 17.7 Å². The summed E-state index contributed by atoms with van der Waals surface area (Å²) in [5.74, 6) is 3.03. The first-order valence-electron chi connectivity index (χ1n) is 4.84. The summed E-state index contributed by atoms with van der Waals surface area (Å²) in [5, 5.41) is 0.313. The molecule has 0 aromatic carbocycles. The molecule has 18 heavy (non-hydrogen) atoms. The van der Waals surface area contributed by atoms with E-state index in [0.717, 1.165) is 11.8 Å². The van der Waals surface area contributed by atoms with E-state index in [-0.39, 0.29) is 11.3 Å². The molecule has 4 nitrogen and oxygen atoms in total. The molecule has 8 heteroatoms. The van der Waals surface area contributed by atoms with Gasteiger partial charge >= 0.3 is 6.08 Å². The van der Waals surface area contributed by atoms with Crippen LogP contribution >= 0.6 is 11.8 Å². The highest BCUT2D eigenvalue weighted by Crippen LogP contribution is 2.23. The number of halogens is 3. The fourth-order valence-electron chi connectivity index (χ4n) is 1.09. The van der Waals surface area contributed by atoms with Gasteiger partial charge in [0.25, 0.3) is 5.91 Å². The summed E-state index contributed by atoms with van der Waals surface area (Å²) in [6.07, 6.45) is -1.30. The zero-order chi connectivity index (χ0) is 13.5. The number of hydrogen-bond donors (Lipinski definition) is 2. The highest BCUT2D eigenvalue weighted by atomic mass is 32.2. The molecule has 0 bridgehead atoms. The van der Waals surface area contributed by atoms with Crippen LogP contribution in [0.1, 0.15) is 16.8 Å². The maximum absolute atomic E-state index is 12.6. The monoisotopic (exact) mass is 277 g/mol. The zero-order valence-electron chi connectivity index (χ0n) is 9.12. The van der Waals surface area contributed by atoms with Crippen LogP contribution in [0.25, 0.3) is 0 Å². The van der Waals surface area contributed by atoms with Gasteiger partial charge in [-0.25, -0.2) is 15.2 Å². The van der Waals surface area contributed by atoms with E-state index >= 15 is 0 Å². The average Bonchev–Trinajstić information content (AvgIpc) is 2.38. The molecule has 3 N–H and O–H groups in total. The molecule has 0 atom stereocenters. The minimum Gasteiger partial charge on any atom is -0.290 e. The molecule has 0 radical (unpaired) electrons. The fourth-order valence-corrected chi connectivity index (χ4v) is 2.01. The summed E-state index contributed by atoms with van der Waals surface area (Å²) in [6.45, 7) is 0. The van der Waals surface area contributed by atoms with Gasteiger partial charge in [-0.1, -0.05) is 0 Å². The smallest absolute Gasteiger partial charge is 0.290 e. The summed E-state index contributed by atoms with van der Waals surface area (Å²) in [6, 6.07) is 3.02. The van der Waals surface area contributed by atoms with E-state index in [1.54, 1.807) is 0 Å². The number of pyridine rings is 1. The van der Waals surface area contributed by atoms with E-state index in [2.05, 4.69) is 4.98 Å². The third kappa shape index (κ3) is 4.04. The lowest BCUT2D eigenvalue weighted by Crippen LogP contribution is -2.30. The number of nitrogens with zero attached hydrogens (tertiary/aromatic N) is 1. The van der Waals surface area contributed by atoms with Crippen LogP contribution in [-0.2, 0) is 0 Å². The van der Waals surface area contributed by atoms with E-state index in [1.807, 2.05) is 5.43 Å². The normalized spacial score (nSPS) is 10.0. The van der Waals surface area contributed by atoms with Gasteiger partial charge in [-0.15, -0.1) is 11.8 Å². The third-order valence-corrected chi connectivity index (χ3v) is 2.92. The van der Waals surface area contributed by atoms with Crippen LogP contribution in [0.5, 0.6) is 0 Å². The van der Waals surface area contributed by atoms with Gasteiger partial charge in [-0.2, -0.15) is 8.78 Å². The first kappa shape index (κ1) is 14.5. The van der Waals surface area contributed by atoms with Crippen LogP contribution < -0.4 is 11.3 Å². The molecule has 1 aromatic heterocycles. The van der Waals surface area contributed by atoms with Crippen molar-refractivity contribution in [2.45, 2.75) is 11.4 Å². The van der Waals surface area contributed by atoms with Crippen molar-refractivity contribution in [2.75, 3.05) is 5.75 Å². The molecule has 0 saturated heterocycles. The number of allylic oxidation sites excluding steroid dienone is 1. The van der Waals surface area contributed by atoms with Gasteiger partial charge in [0.2, 0.25) is 0 Å². The number of rotatable bonds is 5. The molecule has 1 rings (SSSR count). The predicted molar refractivity (Wildman–Crippen MR) is 61.6 cm³/mol. The number of nitrogens with two attached hydrogens (primary N) is 1. The molecular formula is C10H10F3N3OS. The maximum atomic E-state index is 12.6. The van der Waals surface area contributed by atoms with E-state index in [4.69, 9.17) is 5.84 Å². The fraction of sp³-hybridized carbons (Fsp3) is 0.200. The Morgan fingerprint density at radius 2 is 2.17 bits per heavy atom. The lowest BCUT2D eigenvalue weighted by molar-refractivity contribution is 0.0950. The zero-order valence-corrected chi connectivity index (χ0v) is 9.94. The SMILES string of the molecule is NNC(=O)c1cccnc1SCCC(F)=C(F)F. The van der Waals surface area contributed by atoms with Crippen molar-refractivity contribution in [1.82, 2.24) is 10.4 Å². The first-order valence-corrected chi connectivity index (χ1v) is 5.83. The lowest BCUT2D eigenvalue weighted by Gasteiger charge is -2.05. The number of carbonyl (C=O) groups excluding carboxylic acids is 1. The van der Waals surface area contributed by atoms with Crippen molar-refractivity contribution < 1.29 is 18.0 Å². The Bertz CT molecular complexity index is 463. The lowest BCUT2D eigenvalue weighted by atomic mass is 10.3. The minimum atomic E-state index is -2.32. The standard InChI is InChI=1S/C10H10F3N3OS/c11-7(8(12)13)3-5-18-10-6(9(17)16-14)2-1-4-15-10/h1-2,4H,3,5,14H2,(H,16,17). The van der Waals surface area contributed by atoms with Gasteiger partial charge in [-0.3, -0.25) is 10.2 Å². The van der Waals surface area contributed by atoms with E-state index in [9.17, 15) is 18.0 Å². The second-order valence-electron chi connectivity index (χ2n) is 3.09. The van der Waals surface area contributed by atoms with E-state index < -0.39 is 24.2 Å². The van der Waals surface area contributed by atoms with Gasteiger partial charge in [-0.05, 0) is 12.1 Å². The van der Waals surface area contributed by atoms with Crippen LogP contribution in [-0.4, -0.2) is 16.6 Å².